The highest BCUT2D eigenvalue weighted by molar-refractivity contribution is 6.46. The zero-order valence-corrected chi connectivity index (χ0v) is 16.4. The number of H-pyrrole nitrogens is 1. The monoisotopic (exact) mass is 406 g/mol. The van der Waals surface area contributed by atoms with Crippen LogP contribution in [0.25, 0.3) is 5.76 Å². The van der Waals surface area contributed by atoms with Gasteiger partial charge in [-0.15, -0.1) is 0 Å². The summed E-state index contributed by atoms with van der Waals surface area (Å²) in [7, 11) is 0. The Morgan fingerprint density at radius 1 is 1.20 bits per heavy atom. The molecule has 0 bridgehead atoms. The molecule has 8 heteroatoms. The number of halogens is 1. The van der Waals surface area contributed by atoms with E-state index in [1.54, 1.807) is 44.4 Å². The molecule has 1 aliphatic heterocycles. The lowest BCUT2D eigenvalue weighted by Crippen LogP contribution is -2.29. The van der Waals surface area contributed by atoms with Crippen molar-refractivity contribution in [3.05, 3.63) is 88.3 Å². The summed E-state index contributed by atoms with van der Waals surface area (Å²) >= 11 is 0. The molecule has 1 aliphatic rings. The van der Waals surface area contributed by atoms with Gasteiger partial charge in [-0.3, -0.25) is 19.7 Å². The minimum absolute atomic E-state index is 0.0392. The fourth-order valence-electron chi connectivity index (χ4n) is 3.79. The fourth-order valence-corrected chi connectivity index (χ4v) is 3.79. The number of aromatic amines is 1. The van der Waals surface area contributed by atoms with E-state index in [0.717, 1.165) is 0 Å². The maximum atomic E-state index is 14.8. The van der Waals surface area contributed by atoms with Gasteiger partial charge in [0.2, 0.25) is 0 Å². The maximum absolute atomic E-state index is 14.8. The Morgan fingerprint density at radius 2 is 1.97 bits per heavy atom. The number of amides is 1. The van der Waals surface area contributed by atoms with E-state index in [2.05, 4.69) is 15.2 Å². The summed E-state index contributed by atoms with van der Waals surface area (Å²) in [6.07, 6.45) is 3.17. The van der Waals surface area contributed by atoms with E-state index >= 15 is 0 Å². The Labute approximate surface area is 171 Å². The van der Waals surface area contributed by atoms with Crippen molar-refractivity contribution < 1.29 is 19.1 Å². The van der Waals surface area contributed by atoms with Crippen LogP contribution in [0, 0.1) is 19.7 Å². The van der Waals surface area contributed by atoms with Crippen LogP contribution < -0.4 is 0 Å². The van der Waals surface area contributed by atoms with Crippen LogP contribution in [0.4, 0.5) is 4.39 Å². The smallest absolute Gasteiger partial charge is 0.295 e. The average Bonchev–Trinajstić information content (AvgIpc) is 3.20. The molecule has 1 fully saturated rings. The average molecular weight is 406 g/mol. The number of Topliss-reactive ketones (excluding diaryl/α,β-unsaturated/α-hetero) is 1. The second-order valence-electron chi connectivity index (χ2n) is 7.12. The number of benzene rings is 1. The molecule has 2 aromatic heterocycles. The van der Waals surface area contributed by atoms with Gasteiger partial charge in [0, 0.05) is 30.2 Å². The van der Waals surface area contributed by atoms with Crippen molar-refractivity contribution in [3.8, 4) is 0 Å². The molecule has 4 rings (SSSR count). The number of aryl methyl sites for hydroxylation is 2. The summed E-state index contributed by atoms with van der Waals surface area (Å²) < 4.78 is 14.8. The normalized spacial score (nSPS) is 18.2. The maximum Gasteiger partial charge on any atom is 0.295 e. The molecule has 3 heterocycles. The summed E-state index contributed by atoms with van der Waals surface area (Å²) in [5.74, 6) is -2.64. The van der Waals surface area contributed by atoms with Gasteiger partial charge >= 0.3 is 0 Å². The van der Waals surface area contributed by atoms with E-state index in [9.17, 15) is 19.1 Å². The number of carbonyl (C=O) groups is 2. The standard InChI is InChI=1S/C22H19FN4O3/c1-12-17(13(2)26-25-12)20(28)18-19(15-7-3-4-8-16(15)23)27(22(30)21(18)29)11-14-6-5-9-24-10-14/h3-10,19,28H,11H2,1-2H3,(H,25,26)/b20-18+. The molecule has 152 valence electrons. The van der Waals surface area contributed by atoms with Gasteiger partial charge in [0.1, 0.15) is 11.6 Å². The molecule has 1 aromatic carbocycles. The summed E-state index contributed by atoms with van der Waals surface area (Å²) in [5, 5.41) is 17.8. The molecule has 2 N–H and O–H groups in total. The van der Waals surface area contributed by atoms with Crippen molar-refractivity contribution in [2.24, 2.45) is 0 Å². The number of nitrogens with one attached hydrogen (secondary N) is 1. The lowest BCUT2D eigenvalue weighted by atomic mass is 9.94. The first-order chi connectivity index (χ1) is 14.4. The lowest BCUT2D eigenvalue weighted by Gasteiger charge is -2.25. The largest absolute Gasteiger partial charge is 0.507 e. The van der Waals surface area contributed by atoms with Gasteiger partial charge in [-0.1, -0.05) is 24.3 Å². The molecular weight excluding hydrogens is 387 g/mol. The third kappa shape index (κ3) is 3.16. The van der Waals surface area contributed by atoms with Crippen molar-refractivity contribution in [1.29, 1.82) is 0 Å². The first-order valence-corrected chi connectivity index (χ1v) is 9.33. The molecule has 1 atom stereocenters. The first kappa shape index (κ1) is 19.5. The van der Waals surface area contributed by atoms with E-state index in [4.69, 9.17) is 0 Å². The number of aromatic nitrogens is 3. The van der Waals surface area contributed by atoms with Crippen LogP contribution in [0.2, 0.25) is 0 Å². The Hall–Kier alpha value is -3.81. The number of rotatable bonds is 4. The topological polar surface area (TPSA) is 99.2 Å². The first-order valence-electron chi connectivity index (χ1n) is 9.33. The minimum Gasteiger partial charge on any atom is -0.507 e. The number of hydrogen-bond donors (Lipinski definition) is 2. The number of aliphatic hydroxyl groups excluding tert-OH is 1. The van der Waals surface area contributed by atoms with E-state index in [0.29, 0.717) is 22.5 Å². The highest BCUT2D eigenvalue weighted by atomic mass is 19.1. The van der Waals surface area contributed by atoms with Crippen LogP contribution >= 0.6 is 0 Å². The number of carbonyl (C=O) groups excluding carboxylic acids is 2. The molecule has 7 nitrogen and oxygen atoms in total. The van der Waals surface area contributed by atoms with Gasteiger partial charge in [-0.05, 0) is 31.5 Å². The van der Waals surface area contributed by atoms with Crippen LogP contribution in [0.1, 0.15) is 34.1 Å². The van der Waals surface area contributed by atoms with Gasteiger partial charge in [0.15, 0.2) is 0 Å². The third-order valence-corrected chi connectivity index (χ3v) is 5.18. The summed E-state index contributed by atoms with van der Waals surface area (Å²) in [6.45, 7) is 3.40. The van der Waals surface area contributed by atoms with Crippen molar-refractivity contribution in [2.45, 2.75) is 26.4 Å². The molecule has 1 amide bonds. The fraction of sp³-hybridized carbons (Fsp3) is 0.182. The number of aliphatic hydroxyl groups is 1. The zero-order valence-electron chi connectivity index (χ0n) is 16.4. The highest BCUT2D eigenvalue weighted by Gasteiger charge is 2.47. The van der Waals surface area contributed by atoms with Crippen LogP contribution in [-0.4, -0.2) is 36.9 Å². The number of hydrogen-bond acceptors (Lipinski definition) is 5. The quantitative estimate of drug-likeness (QED) is 0.394. The van der Waals surface area contributed by atoms with Gasteiger partial charge in [0.05, 0.1) is 22.9 Å². The summed E-state index contributed by atoms with van der Waals surface area (Å²) in [4.78, 5) is 31.2. The van der Waals surface area contributed by atoms with Crippen LogP contribution in [-0.2, 0) is 16.1 Å². The van der Waals surface area contributed by atoms with Crippen LogP contribution in [0.3, 0.4) is 0 Å². The van der Waals surface area contributed by atoms with Gasteiger partial charge in [0.25, 0.3) is 11.7 Å². The van der Waals surface area contributed by atoms with Crippen molar-refractivity contribution in [3.63, 3.8) is 0 Å². The number of pyridine rings is 1. The molecule has 0 radical (unpaired) electrons. The highest BCUT2D eigenvalue weighted by Crippen LogP contribution is 2.41. The molecule has 3 aromatic rings. The Kier molecular flexibility index (Phi) is 4.91. The number of nitrogens with zero attached hydrogens (tertiary/aromatic N) is 3. The second kappa shape index (κ2) is 7.55. The predicted octanol–water partition coefficient (Wildman–Crippen LogP) is 3.18. The van der Waals surface area contributed by atoms with E-state index in [-0.39, 0.29) is 23.4 Å². The van der Waals surface area contributed by atoms with Crippen molar-refractivity contribution >= 4 is 17.4 Å². The van der Waals surface area contributed by atoms with Gasteiger partial charge < -0.3 is 10.0 Å². The Morgan fingerprint density at radius 3 is 2.60 bits per heavy atom. The van der Waals surface area contributed by atoms with E-state index < -0.39 is 23.5 Å². The Balaban J connectivity index is 1.92. The molecule has 0 aliphatic carbocycles. The number of ketones is 1. The lowest BCUT2D eigenvalue weighted by molar-refractivity contribution is -0.140. The third-order valence-electron chi connectivity index (χ3n) is 5.18. The molecular formula is C22H19FN4O3. The molecule has 0 saturated carbocycles. The summed E-state index contributed by atoms with van der Waals surface area (Å²) in [5.41, 5.74) is 1.97. The SMILES string of the molecule is Cc1n[nH]c(C)c1/C(O)=C1\C(=O)C(=O)N(Cc2cccnc2)C1c1ccccc1F. The van der Waals surface area contributed by atoms with Crippen LogP contribution in [0.5, 0.6) is 0 Å². The molecule has 0 spiro atoms. The van der Waals surface area contributed by atoms with E-state index in [1.807, 2.05) is 0 Å². The zero-order chi connectivity index (χ0) is 21.4. The minimum atomic E-state index is -1.08. The molecule has 1 unspecified atom stereocenters. The number of likely N-dealkylation sites (tertiary alicyclic amines) is 1. The van der Waals surface area contributed by atoms with Crippen LogP contribution in [0.15, 0.2) is 54.4 Å². The van der Waals surface area contributed by atoms with Crippen molar-refractivity contribution in [2.75, 3.05) is 0 Å². The van der Waals surface area contributed by atoms with Gasteiger partial charge in [-0.2, -0.15) is 5.10 Å². The van der Waals surface area contributed by atoms with Crippen molar-refractivity contribution in [1.82, 2.24) is 20.1 Å². The molecule has 1 saturated heterocycles. The Bertz CT molecular complexity index is 1150. The second-order valence-corrected chi connectivity index (χ2v) is 7.12. The van der Waals surface area contributed by atoms with E-state index in [1.165, 1.54) is 23.1 Å². The van der Waals surface area contributed by atoms with Gasteiger partial charge in [-0.25, -0.2) is 4.39 Å². The predicted molar refractivity (Wildman–Crippen MR) is 107 cm³/mol. The molecule has 30 heavy (non-hydrogen) atoms. The summed E-state index contributed by atoms with van der Waals surface area (Å²) in [6, 6.07) is 8.29.